The van der Waals surface area contributed by atoms with E-state index in [4.69, 9.17) is 0 Å². The number of amides is 1. The van der Waals surface area contributed by atoms with Crippen molar-refractivity contribution in [1.29, 1.82) is 0 Å². The Morgan fingerprint density at radius 3 is 2.76 bits per heavy atom. The van der Waals surface area contributed by atoms with E-state index in [1.165, 1.54) is 0 Å². The van der Waals surface area contributed by atoms with Crippen LogP contribution in [0.25, 0.3) is 0 Å². The molecule has 0 bridgehead atoms. The summed E-state index contributed by atoms with van der Waals surface area (Å²) < 4.78 is 2.92. The maximum atomic E-state index is 12.4. The van der Waals surface area contributed by atoms with Gasteiger partial charge in [0.25, 0.3) is 0 Å². The van der Waals surface area contributed by atoms with Crippen molar-refractivity contribution in [3.05, 3.63) is 52.8 Å². The van der Waals surface area contributed by atoms with Crippen LogP contribution < -0.4 is 10.6 Å². The number of hydrogen-bond donors (Lipinski definition) is 2. The number of carbonyl (C=O) groups is 1. The second kappa shape index (κ2) is 14.4. The predicted molar refractivity (Wildman–Crippen MR) is 131 cm³/mol. The minimum atomic E-state index is 0. The third-order valence-electron chi connectivity index (χ3n) is 4.14. The lowest BCUT2D eigenvalue weighted by Gasteiger charge is -2.19. The molecule has 0 spiro atoms. The van der Waals surface area contributed by atoms with Crippen molar-refractivity contribution >= 4 is 51.8 Å². The first-order valence-electron chi connectivity index (χ1n) is 9.57. The molecular weight excluding hydrogens is 547 g/mol. The number of guanidine groups is 1. The third-order valence-corrected chi connectivity index (χ3v) is 4.91. The maximum Gasteiger partial charge on any atom is 0.224 e. The van der Waals surface area contributed by atoms with Crippen LogP contribution in [-0.2, 0) is 17.9 Å². The molecule has 9 heteroatoms. The van der Waals surface area contributed by atoms with Gasteiger partial charge in [-0.2, -0.15) is 5.10 Å². The monoisotopic (exact) mass is 576 g/mol. The lowest BCUT2D eigenvalue weighted by atomic mass is 10.2. The molecule has 0 radical (unpaired) electrons. The molecule has 0 atom stereocenters. The van der Waals surface area contributed by atoms with Crippen molar-refractivity contribution in [2.45, 2.75) is 32.9 Å². The Balaban J connectivity index is 0.00000420. The number of rotatable bonds is 10. The van der Waals surface area contributed by atoms with E-state index in [1.807, 2.05) is 55.2 Å². The van der Waals surface area contributed by atoms with Gasteiger partial charge in [-0.15, -0.1) is 24.0 Å². The zero-order chi connectivity index (χ0) is 20.2. The molecule has 1 aromatic heterocycles. The van der Waals surface area contributed by atoms with Gasteiger partial charge in [-0.05, 0) is 31.0 Å². The van der Waals surface area contributed by atoms with Crippen LogP contribution in [-0.4, -0.2) is 53.2 Å². The maximum absolute atomic E-state index is 12.4. The predicted octanol–water partition coefficient (Wildman–Crippen LogP) is 3.26. The topological polar surface area (TPSA) is 74.5 Å². The molecule has 2 aromatic rings. The Morgan fingerprint density at radius 1 is 1.28 bits per heavy atom. The second-order valence-electron chi connectivity index (χ2n) is 6.40. The number of aliphatic imine (C=N–C) groups is 1. The van der Waals surface area contributed by atoms with E-state index in [0.29, 0.717) is 26.1 Å². The van der Waals surface area contributed by atoms with Gasteiger partial charge >= 0.3 is 0 Å². The molecule has 7 nitrogen and oxygen atoms in total. The molecular formula is C20H30BrIN6O. The molecule has 1 aromatic carbocycles. The highest BCUT2D eigenvalue weighted by Gasteiger charge is 2.11. The number of nitrogens with one attached hydrogen (secondary N) is 2. The van der Waals surface area contributed by atoms with Crippen molar-refractivity contribution in [1.82, 2.24) is 25.3 Å². The molecule has 2 N–H and O–H groups in total. The fraction of sp³-hybridized carbons (Fsp3) is 0.450. The van der Waals surface area contributed by atoms with E-state index in [2.05, 4.69) is 36.7 Å². The molecule has 160 valence electrons. The summed E-state index contributed by atoms with van der Waals surface area (Å²) in [6, 6.07) is 9.87. The summed E-state index contributed by atoms with van der Waals surface area (Å²) in [7, 11) is 1.83. The van der Waals surface area contributed by atoms with Crippen molar-refractivity contribution in [3.63, 3.8) is 0 Å². The fourth-order valence-electron chi connectivity index (χ4n) is 2.65. The molecule has 0 saturated carbocycles. The first kappa shape index (κ1) is 25.4. The molecule has 29 heavy (non-hydrogen) atoms. The minimum Gasteiger partial charge on any atom is -0.357 e. The van der Waals surface area contributed by atoms with E-state index >= 15 is 0 Å². The lowest BCUT2D eigenvalue weighted by molar-refractivity contribution is -0.130. The minimum absolute atomic E-state index is 0. The van der Waals surface area contributed by atoms with E-state index < -0.39 is 0 Å². The fourth-order valence-corrected chi connectivity index (χ4v) is 3.06. The van der Waals surface area contributed by atoms with Crippen LogP contribution in [0.3, 0.4) is 0 Å². The molecule has 0 aliphatic carbocycles. The van der Waals surface area contributed by atoms with Gasteiger partial charge in [0.05, 0.1) is 0 Å². The average Bonchev–Trinajstić information content (AvgIpc) is 3.20. The average molecular weight is 577 g/mol. The first-order valence-corrected chi connectivity index (χ1v) is 10.4. The van der Waals surface area contributed by atoms with Gasteiger partial charge in [0, 0.05) is 63.1 Å². The van der Waals surface area contributed by atoms with Gasteiger partial charge in [0.15, 0.2) is 5.96 Å². The number of hydrogen-bond acceptors (Lipinski definition) is 3. The molecule has 0 fully saturated rings. The van der Waals surface area contributed by atoms with Crippen LogP contribution in [0.4, 0.5) is 0 Å². The summed E-state index contributed by atoms with van der Waals surface area (Å²) in [4.78, 5) is 18.7. The van der Waals surface area contributed by atoms with E-state index in [0.717, 1.165) is 35.5 Å². The Hall–Kier alpha value is -1.62. The Bertz CT molecular complexity index is 753. The Labute approximate surface area is 198 Å². The highest BCUT2D eigenvalue weighted by atomic mass is 127. The number of nitrogens with zero attached hydrogens (tertiary/aromatic N) is 4. The zero-order valence-electron chi connectivity index (χ0n) is 17.0. The number of aromatic nitrogens is 2. The van der Waals surface area contributed by atoms with Crippen LogP contribution in [0.1, 0.15) is 25.3 Å². The Morgan fingerprint density at radius 2 is 2.07 bits per heavy atom. The smallest absolute Gasteiger partial charge is 0.224 e. The van der Waals surface area contributed by atoms with E-state index in [-0.39, 0.29) is 29.9 Å². The zero-order valence-corrected chi connectivity index (χ0v) is 20.9. The third kappa shape index (κ3) is 9.62. The van der Waals surface area contributed by atoms with Crippen LogP contribution in [0.2, 0.25) is 0 Å². The molecule has 1 amide bonds. The largest absolute Gasteiger partial charge is 0.357 e. The standard InChI is InChI=1S/C20H29BrN6O.HI/c1-3-22-20(23-11-6-14-27-15-7-12-25-27)24-13-10-19(28)26(2)16-17-8-4-5-9-18(17)21;/h4-5,7-9,12,15H,3,6,10-11,13-14,16H2,1-2H3,(H2,22,23,24);1H. The molecule has 1 heterocycles. The van der Waals surface area contributed by atoms with Crippen LogP contribution in [0, 0.1) is 0 Å². The van der Waals surface area contributed by atoms with Crippen molar-refractivity contribution in [3.8, 4) is 0 Å². The number of carbonyl (C=O) groups excluding carboxylic acids is 1. The summed E-state index contributed by atoms with van der Waals surface area (Å²) >= 11 is 3.53. The Kier molecular flexibility index (Phi) is 12.6. The van der Waals surface area contributed by atoms with Crippen molar-refractivity contribution < 1.29 is 4.79 Å². The molecule has 0 aliphatic heterocycles. The van der Waals surface area contributed by atoms with Crippen molar-refractivity contribution in [2.75, 3.05) is 26.7 Å². The number of halogens is 2. The van der Waals surface area contributed by atoms with Gasteiger partial charge in [-0.25, -0.2) is 0 Å². The molecule has 0 saturated heterocycles. The van der Waals surface area contributed by atoms with Gasteiger partial charge in [-0.1, -0.05) is 34.1 Å². The summed E-state index contributed by atoms with van der Waals surface area (Å²) in [6.45, 7) is 5.48. The normalized spacial score (nSPS) is 10.9. The first-order chi connectivity index (χ1) is 13.6. The summed E-state index contributed by atoms with van der Waals surface area (Å²) in [5, 5.41) is 10.6. The van der Waals surface area contributed by atoms with Gasteiger partial charge < -0.3 is 15.5 Å². The lowest BCUT2D eigenvalue weighted by Crippen LogP contribution is -2.39. The molecule has 0 unspecified atom stereocenters. The summed E-state index contributed by atoms with van der Waals surface area (Å²) in [6.07, 6.45) is 5.05. The highest BCUT2D eigenvalue weighted by Crippen LogP contribution is 2.17. The van der Waals surface area contributed by atoms with Crippen LogP contribution >= 0.6 is 39.9 Å². The quantitative estimate of drug-likeness (QED) is 0.197. The summed E-state index contributed by atoms with van der Waals surface area (Å²) in [5.41, 5.74) is 1.10. The number of aryl methyl sites for hydroxylation is 1. The van der Waals surface area contributed by atoms with Gasteiger partial charge in [0.1, 0.15) is 0 Å². The summed E-state index contributed by atoms with van der Waals surface area (Å²) in [5.74, 6) is 0.835. The second-order valence-corrected chi connectivity index (χ2v) is 7.26. The SMILES string of the molecule is CCNC(=NCCCn1cccn1)NCCC(=O)N(C)Cc1ccccc1Br.I. The van der Waals surface area contributed by atoms with Crippen LogP contribution in [0.5, 0.6) is 0 Å². The van der Waals surface area contributed by atoms with Gasteiger partial charge in [-0.3, -0.25) is 14.5 Å². The van der Waals surface area contributed by atoms with E-state index in [1.54, 1.807) is 11.1 Å². The van der Waals surface area contributed by atoms with Crippen molar-refractivity contribution in [2.24, 2.45) is 4.99 Å². The highest BCUT2D eigenvalue weighted by molar-refractivity contribution is 14.0. The van der Waals surface area contributed by atoms with E-state index in [9.17, 15) is 4.79 Å². The van der Waals surface area contributed by atoms with Gasteiger partial charge in [0.2, 0.25) is 5.91 Å². The number of benzene rings is 1. The van der Waals surface area contributed by atoms with Crippen LogP contribution in [0.15, 0.2) is 52.2 Å². The molecule has 2 rings (SSSR count). The molecule has 0 aliphatic rings.